The highest BCUT2D eigenvalue weighted by molar-refractivity contribution is 5.80. The molecule has 1 aromatic heterocycles. The minimum absolute atomic E-state index is 0.115. The lowest BCUT2D eigenvalue weighted by molar-refractivity contribution is -0.133. The molecule has 0 radical (unpaired) electrons. The molecule has 1 aliphatic rings. The van der Waals surface area contributed by atoms with Crippen molar-refractivity contribution >= 4 is 5.91 Å². The molecule has 2 heterocycles. The molecule has 2 rings (SSSR count). The summed E-state index contributed by atoms with van der Waals surface area (Å²) in [4.78, 5) is 14.1. The fourth-order valence-corrected chi connectivity index (χ4v) is 2.39. The van der Waals surface area contributed by atoms with Crippen molar-refractivity contribution in [1.82, 2.24) is 14.7 Å². The van der Waals surface area contributed by atoms with E-state index in [9.17, 15) is 4.79 Å². The first-order chi connectivity index (χ1) is 7.99. The van der Waals surface area contributed by atoms with E-state index in [0.29, 0.717) is 6.54 Å². The molecule has 17 heavy (non-hydrogen) atoms. The molecule has 94 valence electrons. The molecule has 0 aromatic carbocycles. The van der Waals surface area contributed by atoms with Crippen molar-refractivity contribution in [3.63, 3.8) is 0 Å². The Labute approximate surface area is 102 Å². The van der Waals surface area contributed by atoms with Gasteiger partial charge in [-0.15, -0.1) is 0 Å². The number of carbonyl (C=O) groups excluding carboxylic acids is 1. The van der Waals surface area contributed by atoms with Crippen LogP contribution in [-0.4, -0.2) is 39.7 Å². The number of carbonyl (C=O) groups is 1. The Balaban J connectivity index is 2.12. The third-order valence-corrected chi connectivity index (χ3v) is 3.31. The molecular weight excluding hydrogens is 216 g/mol. The van der Waals surface area contributed by atoms with Crippen molar-refractivity contribution in [1.29, 1.82) is 0 Å². The van der Waals surface area contributed by atoms with Crippen LogP contribution in [0.4, 0.5) is 0 Å². The zero-order chi connectivity index (χ0) is 12.6. The highest BCUT2D eigenvalue weighted by Gasteiger charge is 2.28. The Bertz CT molecular complexity index is 426. The predicted molar refractivity (Wildman–Crippen MR) is 65.6 cm³/mol. The van der Waals surface area contributed by atoms with Gasteiger partial charge in [-0.1, -0.05) is 0 Å². The normalized spacial score (nSPS) is 21.9. The molecule has 1 aromatic rings. The summed E-state index contributed by atoms with van der Waals surface area (Å²) in [5.41, 5.74) is 7.78. The van der Waals surface area contributed by atoms with Gasteiger partial charge in [-0.05, 0) is 33.3 Å². The molecule has 2 N–H and O–H groups in total. The van der Waals surface area contributed by atoms with Gasteiger partial charge in [0.25, 0.3) is 0 Å². The van der Waals surface area contributed by atoms with Gasteiger partial charge in [0.1, 0.15) is 6.04 Å². The Kier molecular flexibility index (Phi) is 3.19. The quantitative estimate of drug-likeness (QED) is 0.818. The highest BCUT2D eigenvalue weighted by atomic mass is 16.2. The van der Waals surface area contributed by atoms with Crippen LogP contribution in [0.3, 0.4) is 0 Å². The number of hydrogen-bond donors (Lipinski definition) is 1. The molecule has 1 amide bonds. The van der Waals surface area contributed by atoms with E-state index >= 15 is 0 Å². The number of nitrogens with two attached hydrogens (primary N) is 1. The van der Waals surface area contributed by atoms with E-state index < -0.39 is 0 Å². The summed E-state index contributed by atoms with van der Waals surface area (Å²) in [6, 6.07) is 1.88. The number of nitrogens with zero attached hydrogens (tertiary/aromatic N) is 3. The average Bonchev–Trinajstić information content (AvgIpc) is 2.83. The fraction of sp³-hybridized carbons (Fsp3) is 0.667. The maximum Gasteiger partial charge on any atom is 0.247 e. The molecule has 0 unspecified atom stereocenters. The van der Waals surface area contributed by atoms with Crippen LogP contribution in [0.1, 0.15) is 30.8 Å². The van der Waals surface area contributed by atoms with Gasteiger partial charge in [-0.3, -0.25) is 9.48 Å². The highest BCUT2D eigenvalue weighted by Crippen LogP contribution is 2.17. The lowest BCUT2D eigenvalue weighted by Gasteiger charge is -2.21. The number of rotatable bonds is 2. The molecule has 1 aliphatic heterocycles. The van der Waals surface area contributed by atoms with Gasteiger partial charge in [0.15, 0.2) is 0 Å². The molecule has 0 spiro atoms. The molecule has 1 fully saturated rings. The third kappa shape index (κ3) is 2.34. The topological polar surface area (TPSA) is 64.2 Å². The summed E-state index contributed by atoms with van der Waals surface area (Å²) in [5, 5.41) is 4.36. The van der Waals surface area contributed by atoms with Crippen LogP contribution >= 0.6 is 0 Å². The van der Waals surface area contributed by atoms with Crippen LogP contribution in [0.15, 0.2) is 6.07 Å². The van der Waals surface area contributed by atoms with E-state index in [0.717, 1.165) is 24.4 Å². The first kappa shape index (κ1) is 12.1. The monoisotopic (exact) mass is 236 g/mol. The molecule has 2 atom stereocenters. The molecule has 0 aliphatic carbocycles. The number of hydrogen-bond acceptors (Lipinski definition) is 3. The van der Waals surface area contributed by atoms with Gasteiger partial charge in [0.2, 0.25) is 5.91 Å². The van der Waals surface area contributed by atoms with Gasteiger partial charge >= 0.3 is 0 Å². The lowest BCUT2D eigenvalue weighted by atomic mass is 10.3. The standard InChI is InChI=1S/C12H20N4O/c1-8-6-9(2)16(14-8)10(3)12(17)15-5-4-11(13)7-15/h6,10-11H,4-5,7,13H2,1-3H3/t10-,11+/m1/s1. The second kappa shape index (κ2) is 4.49. The SMILES string of the molecule is Cc1cc(C)n([C@H](C)C(=O)N2CC[C@H](N)C2)n1. The van der Waals surface area contributed by atoms with Crippen molar-refractivity contribution < 1.29 is 4.79 Å². The van der Waals surface area contributed by atoms with Crippen molar-refractivity contribution in [2.75, 3.05) is 13.1 Å². The van der Waals surface area contributed by atoms with Gasteiger partial charge < -0.3 is 10.6 Å². The summed E-state index contributed by atoms with van der Waals surface area (Å²) in [6.07, 6.45) is 0.898. The van der Waals surface area contributed by atoms with Gasteiger partial charge in [-0.25, -0.2) is 0 Å². The lowest BCUT2D eigenvalue weighted by Crippen LogP contribution is -2.37. The predicted octanol–water partition coefficient (Wildman–Crippen LogP) is 0.621. The van der Waals surface area contributed by atoms with Gasteiger partial charge in [0, 0.05) is 24.8 Å². The molecule has 1 saturated heterocycles. The first-order valence-electron chi connectivity index (χ1n) is 6.06. The van der Waals surface area contributed by atoms with Crippen LogP contribution in [0.2, 0.25) is 0 Å². The van der Waals surface area contributed by atoms with E-state index in [4.69, 9.17) is 5.73 Å². The zero-order valence-electron chi connectivity index (χ0n) is 10.7. The average molecular weight is 236 g/mol. The maximum atomic E-state index is 12.3. The minimum Gasteiger partial charge on any atom is -0.339 e. The molecule has 0 saturated carbocycles. The van der Waals surface area contributed by atoms with Crippen LogP contribution in [-0.2, 0) is 4.79 Å². The number of aryl methyl sites for hydroxylation is 2. The number of likely N-dealkylation sites (tertiary alicyclic amines) is 1. The molecular formula is C12H20N4O. The van der Waals surface area contributed by atoms with Crippen LogP contribution in [0.5, 0.6) is 0 Å². The number of amides is 1. The molecule has 5 nitrogen and oxygen atoms in total. The zero-order valence-corrected chi connectivity index (χ0v) is 10.7. The molecule has 0 bridgehead atoms. The maximum absolute atomic E-state index is 12.3. The van der Waals surface area contributed by atoms with E-state index in [-0.39, 0.29) is 18.0 Å². The Morgan fingerprint density at radius 2 is 2.29 bits per heavy atom. The summed E-state index contributed by atoms with van der Waals surface area (Å²) in [7, 11) is 0. The van der Waals surface area contributed by atoms with Crippen LogP contribution in [0.25, 0.3) is 0 Å². The van der Waals surface area contributed by atoms with E-state index in [2.05, 4.69) is 5.10 Å². The Morgan fingerprint density at radius 3 is 2.76 bits per heavy atom. The largest absolute Gasteiger partial charge is 0.339 e. The first-order valence-corrected chi connectivity index (χ1v) is 6.06. The third-order valence-electron chi connectivity index (χ3n) is 3.31. The fourth-order valence-electron chi connectivity index (χ4n) is 2.39. The van der Waals surface area contributed by atoms with E-state index in [1.807, 2.05) is 31.7 Å². The number of aromatic nitrogens is 2. The van der Waals surface area contributed by atoms with Crippen molar-refractivity contribution in [3.8, 4) is 0 Å². The van der Waals surface area contributed by atoms with Gasteiger partial charge in [-0.2, -0.15) is 5.10 Å². The second-order valence-electron chi connectivity index (χ2n) is 4.88. The molecule has 5 heteroatoms. The summed E-state index contributed by atoms with van der Waals surface area (Å²) in [5.74, 6) is 0.115. The van der Waals surface area contributed by atoms with Crippen molar-refractivity contribution in [2.45, 2.75) is 39.3 Å². The van der Waals surface area contributed by atoms with E-state index in [1.54, 1.807) is 4.68 Å². The van der Waals surface area contributed by atoms with Crippen molar-refractivity contribution in [3.05, 3.63) is 17.5 Å². The summed E-state index contributed by atoms with van der Waals surface area (Å²) >= 11 is 0. The summed E-state index contributed by atoms with van der Waals surface area (Å²) < 4.78 is 1.79. The Hall–Kier alpha value is -1.36. The van der Waals surface area contributed by atoms with Crippen molar-refractivity contribution in [2.24, 2.45) is 5.73 Å². The minimum atomic E-state index is -0.242. The summed E-state index contributed by atoms with van der Waals surface area (Å²) in [6.45, 7) is 7.24. The Morgan fingerprint density at radius 1 is 1.59 bits per heavy atom. The van der Waals surface area contributed by atoms with Crippen LogP contribution in [0, 0.1) is 13.8 Å². The second-order valence-corrected chi connectivity index (χ2v) is 4.88. The van der Waals surface area contributed by atoms with Gasteiger partial charge in [0.05, 0.1) is 5.69 Å². The van der Waals surface area contributed by atoms with Crippen LogP contribution < -0.4 is 5.73 Å². The smallest absolute Gasteiger partial charge is 0.247 e. The van der Waals surface area contributed by atoms with E-state index in [1.165, 1.54) is 0 Å².